The maximum Gasteiger partial charge on any atom is 0.157 e. The van der Waals surface area contributed by atoms with Gasteiger partial charge in [0.2, 0.25) is 0 Å². The van der Waals surface area contributed by atoms with Crippen LogP contribution in [0, 0.1) is 0 Å². The molecule has 0 radical (unpaired) electrons. The van der Waals surface area contributed by atoms with Crippen LogP contribution in [0.3, 0.4) is 0 Å². The van der Waals surface area contributed by atoms with Crippen molar-refractivity contribution in [3.8, 4) is 0 Å². The summed E-state index contributed by atoms with van der Waals surface area (Å²) in [5.41, 5.74) is 0. The van der Waals surface area contributed by atoms with Crippen LogP contribution in [0.1, 0.15) is 11.8 Å². The Bertz CT molecular complexity index is 295. The highest BCUT2D eigenvalue weighted by Crippen LogP contribution is 2.18. The monoisotopic (exact) mass is 214 g/mol. The SMILES string of the molecule is CC1CN=C(NCc2cnns2)S1. The summed E-state index contributed by atoms with van der Waals surface area (Å²) in [6, 6.07) is 0. The van der Waals surface area contributed by atoms with E-state index in [0.717, 1.165) is 23.1 Å². The molecule has 1 aliphatic heterocycles. The molecule has 1 aromatic heterocycles. The van der Waals surface area contributed by atoms with Crippen molar-refractivity contribution in [2.75, 3.05) is 6.54 Å². The van der Waals surface area contributed by atoms with Crippen LogP contribution in [0.25, 0.3) is 0 Å². The number of nitrogens with one attached hydrogen (secondary N) is 1. The van der Waals surface area contributed by atoms with Crippen LogP contribution in [-0.2, 0) is 6.54 Å². The number of amidine groups is 1. The summed E-state index contributed by atoms with van der Waals surface area (Å²) < 4.78 is 3.79. The van der Waals surface area contributed by atoms with Gasteiger partial charge in [-0.25, -0.2) is 0 Å². The van der Waals surface area contributed by atoms with Crippen LogP contribution in [0.15, 0.2) is 11.2 Å². The predicted molar refractivity (Wildman–Crippen MR) is 56.1 cm³/mol. The minimum absolute atomic E-state index is 0.613. The second kappa shape index (κ2) is 4.06. The van der Waals surface area contributed by atoms with Crippen molar-refractivity contribution < 1.29 is 0 Å². The molecule has 0 aliphatic carbocycles. The summed E-state index contributed by atoms with van der Waals surface area (Å²) in [5, 5.41) is 8.68. The van der Waals surface area contributed by atoms with Crippen molar-refractivity contribution in [1.82, 2.24) is 14.9 Å². The molecule has 70 valence electrons. The Morgan fingerprint density at radius 1 is 1.69 bits per heavy atom. The van der Waals surface area contributed by atoms with E-state index in [0.29, 0.717) is 5.25 Å². The molecule has 1 unspecified atom stereocenters. The Labute approximate surface area is 85.0 Å². The number of hydrogen-bond donors (Lipinski definition) is 1. The van der Waals surface area contributed by atoms with E-state index in [1.165, 1.54) is 11.5 Å². The molecule has 6 heteroatoms. The molecule has 0 spiro atoms. The van der Waals surface area contributed by atoms with Crippen LogP contribution in [-0.4, -0.2) is 26.5 Å². The van der Waals surface area contributed by atoms with Gasteiger partial charge in [0.15, 0.2) is 5.17 Å². The molecule has 0 aromatic carbocycles. The molecule has 1 aromatic rings. The van der Waals surface area contributed by atoms with E-state index in [1.807, 2.05) is 0 Å². The van der Waals surface area contributed by atoms with E-state index in [4.69, 9.17) is 0 Å². The topological polar surface area (TPSA) is 50.2 Å². The first-order chi connectivity index (χ1) is 6.34. The molecule has 1 atom stereocenters. The lowest BCUT2D eigenvalue weighted by atomic mass is 10.5. The van der Waals surface area contributed by atoms with E-state index < -0.39 is 0 Å². The van der Waals surface area contributed by atoms with Gasteiger partial charge in [0.1, 0.15) is 0 Å². The number of rotatable bonds is 2. The Hall–Kier alpha value is -0.620. The van der Waals surface area contributed by atoms with E-state index in [9.17, 15) is 0 Å². The Morgan fingerprint density at radius 3 is 3.23 bits per heavy atom. The van der Waals surface area contributed by atoms with E-state index in [-0.39, 0.29) is 0 Å². The third-order valence-corrected chi connectivity index (χ3v) is 3.33. The fourth-order valence-electron chi connectivity index (χ4n) is 1.00. The van der Waals surface area contributed by atoms with Gasteiger partial charge < -0.3 is 5.32 Å². The molecule has 1 aliphatic rings. The van der Waals surface area contributed by atoms with E-state index in [1.54, 1.807) is 18.0 Å². The molecule has 0 saturated heterocycles. The second-order valence-electron chi connectivity index (χ2n) is 2.81. The molecule has 1 N–H and O–H groups in total. The zero-order chi connectivity index (χ0) is 9.10. The smallest absolute Gasteiger partial charge is 0.157 e. The van der Waals surface area contributed by atoms with Crippen molar-refractivity contribution in [3.05, 3.63) is 11.1 Å². The highest BCUT2D eigenvalue weighted by atomic mass is 32.2. The fraction of sp³-hybridized carbons (Fsp3) is 0.571. The average molecular weight is 214 g/mol. The Morgan fingerprint density at radius 2 is 2.62 bits per heavy atom. The third kappa shape index (κ3) is 2.41. The van der Waals surface area contributed by atoms with Gasteiger partial charge in [-0.2, -0.15) is 0 Å². The largest absolute Gasteiger partial charge is 0.360 e. The van der Waals surface area contributed by atoms with Crippen molar-refractivity contribution in [2.45, 2.75) is 18.7 Å². The Balaban J connectivity index is 1.81. The summed E-state index contributed by atoms with van der Waals surface area (Å²) in [5.74, 6) is 0. The van der Waals surface area contributed by atoms with Gasteiger partial charge in [-0.05, 0) is 11.5 Å². The van der Waals surface area contributed by atoms with Crippen LogP contribution in [0.2, 0.25) is 0 Å². The van der Waals surface area contributed by atoms with E-state index >= 15 is 0 Å². The van der Waals surface area contributed by atoms with Gasteiger partial charge in [-0.3, -0.25) is 4.99 Å². The molecule has 2 rings (SSSR count). The normalized spacial score (nSPS) is 21.6. The molecule has 0 amide bonds. The maximum absolute atomic E-state index is 4.35. The summed E-state index contributed by atoms with van der Waals surface area (Å²) in [7, 11) is 0. The standard InChI is InChI=1S/C7H10N4S2/c1-5-2-8-7(12-5)9-3-6-4-10-11-13-6/h4-5H,2-3H2,1H3,(H,8,9). The minimum atomic E-state index is 0.613. The summed E-state index contributed by atoms with van der Waals surface area (Å²) in [6.07, 6.45) is 1.78. The molecule has 4 nitrogen and oxygen atoms in total. The first-order valence-corrected chi connectivity index (χ1v) is 5.71. The van der Waals surface area contributed by atoms with Gasteiger partial charge in [-0.15, -0.1) is 5.10 Å². The van der Waals surface area contributed by atoms with Crippen LogP contribution >= 0.6 is 23.3 Å². The third-order valence-electron chi connectivity index (χ3n) is 1.63. The van der Waals surface area contributed by atoms with Gasteiger partial charge in [0.05, 0.1) is 24.2 Å². The number of aromatic nitrogens is 2. The lowest BCUT2D eigenvalue weighted by Crippen LogP contribution is -2.17. The molecular weight excluding hydrogens is 204 g/mol. The van der Waals surface area contributed by atoms with Crippen molar-refractivity contribution in [2.24, 2.45) is 4.99 Å². The number of thioether (sulfide) groups is 1. The zero-order valence-electron chi connectivity index (χ0n) is 7.23. The van der Waals surface area contributed by atoms with Crippen molar-refractivity contribution in [1.29, 1.82) is 0 Å². The summed E-state index contributed by atoms with van der Waals surface area (Å²) in [4.78, 5) is 5.49. The lowest BCUT2D eigenvalue weighted by Gasteiger charge is -2.02. The van der Waals surface area contributed by atoms with Gasteiger partial charge in [-0.1, -0.05) is 23.2 Å². The van der Waals surface area contributed by atoms with Crippen LogP contribution in [0.5, 0.6) is 0 Å². The zero-order valence-corrected chi connectivity index (χ0v) is 8.86. The van der Waals surface area contributed by atoms with E-state index in [2.05, 4.69) is 26.8 Å². The summed E-state index contributed by atoms with van der Waals surface area (Å²) in [6.45, 7) is 3.89. The predicted octanol–water partition coefficient (Wildman–Crippen LogP) is 1.12. The fourth-order valence-corrected chi connectivity index (χ4v) is 2.27. The van der Waals surface area contributed by atoms with Gasteiger partial charge in [0, 0.05) is 5.25 Å². The summed E-state index contributed by atoms with van der Waals surface area (Å²) >= 11 is 3.21. The molecule has 13 heavy (non-hydrogen) atoms. The highest BCUT2D eigenvalue weighted by molar-refractivity contribution is 8.14. The van der Waals surface area contributed by atoms with Crippen molar-refractivity contribution in [3.63, 3.8) is 0 Å². The quantitative estimate of drug-likeness (QED) is 0.801. The maximum atomic E-state index is 4.35. The lowest BCUT2D eigenvalue weighted by molar-refractivity contribution is 0.924. The molecular formula is C7H10N4S2. The van der Waals surface area contributed by atoms with Crippen molar-refractivity contribution >= 4 is 28.5 Å². The second-order valence-corrected chi connectivity index (χ2v) is 5.11. The van der Waals surface area contributed by atoms with Gasteiger partial charge in [0.25, 0.3) is 0 Å². The minimum Gasteiger partial charge on any atom is -0.360 e. The van der Waals surface area contributed by atoms with Crippen LogP contribution < -0.4 is 5.32 Å². The molecule has 0 bridgehead atoms. The average Bonchev–Trinajstić information content (AvgIpc) is 2.71. The number of hydrogen-bond acceptors (Lipinski definition) is 6. The molecule has 0 fully saturated rings. The van der Waals surface area contributed by atoms with Gasteiger partial charge >= 0.3 is 0 Å². The highest BCUT2D eigenvalue weighted by Gasteiger charge is 2.14. The Kier molecular flexibility index (Phi) is 2.80. The molecule has 0 saturated carbocycles. The van der Waals surface area contributed by atoms with Crippen LogP contribution in [0.4, 0.5) is 0 Å². The number of aliphatic imine (C=N–C) groups is 1. The number of nitrogens with zero attached hydrogens (tertiary/aromatic N) is 3. The first kappa shape index (κ1) is 8.96. The first-order valence-electron chi connectivity index (χ1n) is 4.06. The molecule has 2 heterocycles.